The summed E-state index contributed by atoms with van der Waals surface area (Å²) in [4.78, 5) is 12.5. The molecule has 0 aliphatic rings. The van der Waals surface area contributed by atoms with E-state index in [0.717, 1.165) is 11.1 Å². The van der Waals surface area contributed by atoms with Crippen LogP contribution in [0.25, 0.3) is 0 Å². The van der Waals surface area contributed by atoms with Crippen LogP contribution in [0.3, 0.4) is 0 Å². The molecule has 0 fully saturated rings. The van der Waals surface area contributed by atoms with E-state index in [2.05, 4.69) is 10.4 Å². The standard InChI is InChI=1S/C21H20Cl3N3O4/c1-12-9-25-27(10-13-4-5-17(29-2)19(6-13)30-3)21(12)26-20(28)11-31-18-8-15(23)14(22)7-16(18)24/h4-9H,10-11H2,1-3H3,(H,26,28). The van der Waals surface area contributed by atoms with Crippen LogP contribution >= 0.6 is 34.8 Å². The van der Waals surface area contributed by atoms with Gasteiger partial charge in [0.05, 0.1) is 42.0 Å². The molecule has 0 unspecified atom stereocenters. The Hall–Kier alpha value is -2.61. The first kappa shape index (κ1) is 23.1. The molecular weight excluding hydrogens is 465 g/mol. The van der Waals surface area contributed by atoms with Gasteiger partial charge in [0.1, 0.15) is 11.6 Å². The summed E-state index contributed by atoms with van der Waals surface area (Å²) in [5.41, 5.74) is 1.73. The lowest BCUT2D eigenvalue weighted by atomic mass is 10.2. The Morgan fingerprint density at radius 2 is 1.71 bits per heavy atom. The molecule has 0 aliphatic carbocycles. The molecule has 0 bridgehead atoms. The number of aryl methyl sites for hydroxylation is 1. The topological polar surface area (TPSA) is 74.6 Å². The fraction of sp³-hybridized carbons (Fsp3) is 0.238. The minimum Gasteiger partial charge on any atom is -0.493 e. The summed E-state index contributed by atoms with van der Waals surface area (Å²) in [5.74, 6) is 1.69. The van der Waals surface area contributed by atoms with Gasteiger partial charge in [-0.15, -0.1) is 0 Å². The molecule has 1 N–H and O–H groups in total. The maximum Gasteiger partial charge on any atom is 0.263 e. The predicted octanol–water partition coefficient (Wildman–Crippen LogP) is 5.23. The van der Waals surface area contributed by atoms with Crippen LogP contribution in [0.1, 0.15) is 11.1 Å². The van der Waals surface area contributed by atoms with E-state index in [1.54, 1.807) is 25.1 Å². The molecule has 0 spiro atoms. The summed E-state index contributed by atoms with van der Waals surface area (Å²) in [6.45, 7) is 2.01. The molecule has 164 valence electrons. The molecule has 0 saturated heterocycles. The number of methoxy groups -OCH3 is 2. The van der Waals surface area contributed by atoms with Gasteiger partial charge in [0, 0.05) is 11.6 Å². The zero-order valence-corrected chi connectivity index (χ0v) is 19.3. The molecule has 3 rings (SSSR count). The largest absolute Gasteiger partial charge is 0.493 e. The number of hydrogen-bond donors (Lipinski definition) is 1. The van der Waals surface area contributed by atoms with E-state index in [4.69, 9.17) is 49.0 Å². The molecule has 2 aromatic carbocycles. The van der Waals surface area contributed by atoms with E-state index in [1.165, 1.54) is 12.1 Å². The first-order valence-corrected chi connectivity index (χ1v) is 10.3. The SMILES string of the molecule is COc1ccc(Cn2ncc(C)c2NC(=O)COc2cc(Cl)c(Cl)cc2Cl)cc1OC. The lowest BCUT2D eigenvalue weighted by Gasteiger charge is -2.13. The number of anilines is 1. The highest BCUT2D eigenvalue weighted by atomic mass is 35.5. The fourth-order valence-electron chi connectivity index (χ4n) is 2.84. The Bertz CT molecular complexity index is 1100. The highest BCUT2D eigenvalue weighted by molar-refractivity contribution is 6.43. The molecule has 0 aliphatic heterocycles. The maximum absolute atomic E-state index is 12.5. The molecule has 0 atom stereocenters. The van der Waals surface area contributed by atoms with Gasteiger partial charge in [0.2, 0.25) is 0 Å². The summed E-state index contributed by atoms with van der Waals surface area (Å²) < 4.78 is 17.8. The minimum absolute atomic E-state index is 0.261. The fourth-order valence-corrected chi connectivity index (χ4v) is 3.43. The van der Waals surface area contributed by atoms with E-state index >= 15 is 0 Å². The number of amides is 1. The Balaban J connectivity index is 1.70. The predicted molar refractivity (Wildman–Crippen MR) is 121 cm³/mol. The van der Waals surface area contributed by atoms with Gasteiger partial charge in [-0.3, -0.25) is 4.79 Å². The maximum atomic E-state index is 12.5. The molecular formula is C21H20Cl3N3O4. The van der Waals surface area contributed by atoms with Crippen LogP contribution < -0.4 is 19.5 Å². The van der Waals surface area contributed by atoms with Crippen molar-refractivity contribution in [1.29, 1.82) is 0 Å². The van der Waals surface area contributed by atoms with Crippen LogP contribution in [-0.2, 0) is 11.3 Å². The van der Waals surface area contributed by atoms with Crippen molar-refractivity contribution in [3.05, 3.63) is 62.7 Å². The van der Waals surface area contributed by atoms with Crippen molar-refractivity contribution in [2.45, 2.75) is 13.5 Å². The number of benzene rings is 2. The van der Waals surface area contributed by atoms with Gasteiger partial charge in [-0.05, 0) is 30.7 Å². The number of halogens is 3. The van der Waals surface area contributed by atoms with Crippen molar-refractivity contribution in [2.24, 2.45) is 0 Å². The summed E-state index contributed by atoms with van der Waals surface area (Å²) in [5, 5.41) is 8.02. The van der Waals surface area contributed by atoms with Crippen LogP contribution in [-0.4, -0.2) is 36.5 Å². The summed E-state index contributed by atoms with van der Waals surface area (Å²) in [6, 6.07) is 8.50. The van der Waals surface area contributed by atoms with Gasteiger partial charge in [-0.2, -0.15) is 5.10 Å². The van der Waals surface area contributed by atoms with E-state index in [9.17, 15) is 4.79 Å². The van der Waals surface area contributed by atoms with Gasteiger partial charge < -0.3 is 19.5 Å². The molecule has 0 radical (unpaired) electrons. The summed E-state index contributed by atoms with van der Waals surface area (Å²) in [7, 11) is 3.15. The molecule has 31 heavy (non-hydrogen) atoms. The molecule has 1 heterocycles. The number of aromatic nitrogens is 2. The van der Waals surface area contributed by atoms with E-state index < -0.39 is 0 Å². The smallest absolute Gasteiger partial charge is 0.263 e. The van der Waals surface area contributed by atoms with Crippen LogP contribution in [0, 0.1) is 6.92 Å². The monoisotopic (exact) mass is 483 g/mol. The number of hydrogen-bond acceptors (Lipinski definition) is 5. The van der Waals surface area contributed by atoms with Crippen molar-refractivity contribution in [3.8, 4) is 17.2 Å². The Labute approximate surface area is 194 Å². The van der Waals surface area contributed by atoms with Crippen LogP contribution in [0.2, 0.25) is 15.1 Å². The van der Waals surface area contributed by atoms with Crippen LogP contribution in [0.4, 0.5) is 5.82 Å². The molecule has 7 nitrogen and oxygen atoms in total. The summed E-state index contributed by atoms with van der Waals surface area (Å²) in [6.07, 6.45) is 1.67. The number of carbonyl (C=O) groups excluding carboxylic acids is 1. The van der Waals surface area contributed by atoms with Crippen LogP contribution in [0.15, 0.2) is 36.5 Å². The zero-order chi connectivity index (χ0) is 22.5. The molecule has 1 amide bonds. The van der Waals surface area contributed by atoms with Gasteiger partial charge >= 0.3 is 0 Å². The number of carbonyl (C=O) groups is 1. The number of rotatable bonds is 8. The molecule has 3 aromatic rings. The summed E-state index contributed by atoms with van der Waals surface area (Å²) >= 11 is 18.0. The van der Waals surface area contributed by atoms with Crippen molar-refractivity contribution < 1.29 is 19.0 Å². The average Bonchev–Trinajstić information content (AvgIpc) is 3.08. The quantitative estimate of drug-likeness (QED) is 0.443. The van der Waals surface area contributed by atoms with Crippen LogP contribution in [0.5, 0.6) is 17.2 Å². The minimum atomic E-state index is -0.376. The first-order valence-electron chi connectivity index (χ1n) is 9.13. The zero-order valence-electron chi connectivity index (χ0n) is 17.0. The molecule has 1 aromatic heterocycles. The van der Waals surface area contributed by atoms with Crippen molar-refractivity contribution in [1.82, 2.24) is 9.78 Å². The third-order valence-electron chi connectivity index (χ3n) is 4.39. The second-order valence-corrected chi connectivity index (χ2v) is 7.78. The third kappa shape index (κ3) is 5.55. The van der Waals surface area contributed by atoms with Crippen molar-refractivity contribution >= 4 is 46.5 Å². The first-order chi connectivity index (χ1) is 14.8. The van der Waals surface area contributed by atoms with E-state index in [1.807, 2.05) is 25.1 Å². The second kappa shape index (κ2) is 10.1. The number of nitrogens with zero attached hydrogens (tertiary/aromatic N) is 2. The van der Waals surface area contributed by atoms with Gasteiger partial charge in [-0.1, -0.05) is 40.9 Å². The van der Waals surface area contributed by atoms with E-state index in [0.29, 0.717) is 28.9 Å². The molecule has 10 heteroatoms. The second-order valence-electron chi connectivity index (χ2n) is 6.56. The van der Waals surface area contributed by atoms with Crippen molar-refractivity contribution in [3.63, 3.8) is 0 Å². The Kier molecular flexibility index (Phi) is 7.54. The van der Waals surface area contributed by atoms with E-state index in [-0.39, 0.29) is 28.3 Å². The lowest BCUT2D eigenvalue weighted by Crippen LogP contribution is -2.23. The normalized spacial score (nSPS) is 10.6. The number of nitrogens with one attached hydrogen (secondary N) is 1. The molecule has 0 saturated carbocycles. The Morgan fingerprint density at radius 1 is 1.00 bits per heavy atom. The van der Waals surface area contributed by atoms with Gasteiger partial charge in [0.15, 0.2) is 18.1 Å². The van der Waals surface area contributed by atoms with Crippen molar-refractivity contribution in [2.75, 3.05) is 26.1 Å². The number of ether oxygens (including phenoxy) is 3. The average molecular weight is 485 g/mol. The highest BCUT2D eigenvalue weighted by Gasteiger charge is 2.15. The van der Waals surface area contributed by atoms with Gasteiger partial charge in [-0.25, -0.2) is 4.68 Å². The lowest BCUT2D eigenvalue weighted by molar-refractivity contribution is -0.118. The third-order valence-corrected chi connectivity index (χ3v) is 5.41. The van der Waals surface area contributed by atoms with Gasteiger partial charge in [0.25, 0.3) is 5.91 Å². The highest BCUT2D eigenvalue weighted by Crippen LogP contribution is 2.34. The Morgan fingerprint density at radius 3 is 2.42 bits per heavy atom.